The van der Waals surface area contributed by atoms with Crippen LogP contribution in [0.25, 0.3) is 0 Å². The van der Waals surface area contributed by atoms with Crippen LogP contribution in [0.5, 0.6) is 11.5 Å². The Labute approximate surface area is 287 Å². The largest absolute Gasteiger partial charge is 0.491 e. The van der Waals surface area contributed by atoms with Crippen LogP contribution < -0.4 is 9.47 Å². The molecule has 47 heavy (non-hydrogen) atoms. The number of carbonyl (C=O) groups excluding carboxylic acids is 2. The number of hydrogen-bond donors (Lipinski definition) is 0. The van der Waals surface area contributed by atoms with E-state index < -0.39 is 0 Å². The minimum absolute atomic E-state index is 0.00679. The number of hydrogen-bond acceptors (Lipinski definition) is 6. The molecule has 1 amide bonds. The first kappa shape index (κ1) is 40.8. The zero-order valence-corrected chi connectivity index (χ0v) is 31.7. The predicted molar refractivity (Wildman–Crippen MR) is 195 cm³/mol. The molecule has 2 unspecified atom stereocenters. The molecule has 0 N–H and O–H groups in total. The van der Waals surface area contributed by atoms with Gasteiger partial charge in [-0.05, 0) is 123 Å². The molecule has 0 saturated carbocycles. The zero-order chi connectivity index (χ0) is 34.9. The maximum atomic E-state index is 13.3. The molecule has 0 spiro atoms. The number of rotatable bonds is 16. The lowest BCUT2D eigenvalue weighted by atomic mass is 9.82. The normalized spacial score (nSPS) is 17.4. The summed E-state index contributed by atoms with van der Waals surface area (Å²) < 4.78 is 18.1. The van der Waals surface area contributed by atoms with Gasteiger partial charge in [0.05, 0.1) is 19.3 Å². The van der Waals surface area contributed by atoms with Crippen molar-refractivity contribution in [2.75, 3.05) is 32.8 Å². The molecule has 268 valence electrons. The summed E-state index contributed by atoms with van der Waals surface area (Å²) in [6.07, 6.45) is 11.1. The van der Waals surface area contributed by atoms with Gasteiger partial charge in [0, 0.05) is 43.6 Å². The van der Waals surface area contributed by atoms with Gasteiger partial charge in [0.1, 0.15) is 11.5 Å². The smallest absolute Gasteiger partial charge is 0.311 e. The second kappa shape index (κ2) is 21.6. The molecule has 7 nitrogen and oxygen atoms in total. The topological polar surface area (TPSA) is 68.3 Å². The fraction of sp³-hybridized carbons (Fsp3) is 0.750. The first-order chi connectivity index (χ1) is 22.4. The van der Waals surface area contributed by atoms with E-state index >= 15 is 0 Å². The van der Waals surface area contributed by atoms with Gasteiger partial charge >= 0.3 is 5.97 Å². The fourth-order valence-electron chi connectivity index (χ4n) is 6.65. The number of benzene rings is 1. The molecule has 3 rings (SSSR count). The summed E-state index contributed by atoms with van der Waals surface area (Å²) in [6, 6.07) is 5.16. The number of esters is 1. The number of allylic oxidation sites excluding steroid dienone is 2. The van der Waals surface area contributed by atoms with E-state index in [-0.39, 0.29) is 29.8 Å². The van der Waals surface area contributed by atoms with Gasteiger partial charge < -0.3 is 19.1 Å². The van der Waals surface area contributed by atoms with Crippen LogP contribution in [0.2, 0.25) is 0 Å². The second-order valence-electron chi connectivity index (χ2n) is 14.5. The highest BCUT2D eigenvalue weighted by Crippen LogP contribution is 2.45. The summed E-state index contributed by atoms with van der Waals surface area (Å²) in [6.45, 7) is 25.1. The molecule has 0 aromatic heterocycles. The Balaban J connectivity index is 0.00000246. The van der Waals surface area contributed by atoms with Crippen LogP contribution in [0.3, 0.4) is 0 Å². The minimum Gasteiger partial charge on any atom is -0.491 e. The number of ether oxygens (including phenoxy) is 3. The van der Waals surface area contributed by atoms with Crippen LogP contribution in [0.4, 0.5) is 0 Å². The highest BCUT2D eigenvalue weighted by molar-refractivity contribution is 5.76. The van der Waals surface area contributed by atoms with Crippen molar-refractivity contribution in [1.29, 1.82) is 0 Å². The van der Waals surface area contributed by atoms with Gasteiger partial charge in [0.25, 0.3) is 0 Å². The Morgan fingerprint density at radius 3 is 2.17 bits per heavy atom. The van der Waals surface area contributed by atoms with Gasteiger partial charge in [-0.1, -0.05) is 45.3 Å². The van der Waals surface area contributed by atoms with Crippen LogP contribution in [-0.4, -0.2) is 72.7 Å². The third-order valence-electron chi connectivity index (χ3n) is 9.03. The molecule has 2 aliphatic rings. The van der Waals surface area contributed by atoms with Crippen molar-refractivity contribution in [1.82, 2.24) is 9.80 Å². The lowest BCUT2D eigenvalue weighted by Crippen LogP contribution is -2.40. The zero-order valence-electron chi connectivity index (χ0n) is 31.7. The van der Waals surface area contributed by atoms with E-state index in [0.717, 1.165) is 68.4 Å². The number of amides is 1. The Hall–Kier alpha value is -2.38. The highest BCUT2D eigenvalue weighted by Gasteiger charge is 2.27. The third kappa shape index (κ3) is 14.3. The van der Waals surface area contributed by atoms with Gasteiger partial charge in [-0.25, -0.2) is 0 Å². The van der Waals surface area contributed by atoms with E-state index in [9.17, 15) is 9.59 Å². The molecule has 1 heterocycles. The Morgan fingerprint density at radius 2 is 1.57 bits per heavy atom. The van der Waals surface area contributed by atoms with Crippen molar-refractivity contribution < 1.29 is 23.8 Å². The van der Waals surface area contributed by atoms with Gasteiger partial charge in [0.15, 0.2) is 0 Å². The molecule has 2 atom stereocenters. The van der Waals surface area contributed by atoms with Crippen molar-refractivity contribution in [2.45, 2.75) is 163 Å². The molecule has 0 bridgehead atoms. The molecule has 1 saturated heterocycles. The molecule has 1 aliphatic heterocycles. The SMILES string of the molecule is CC1=CCCC(c2c(OC(=O)CCCN(C(C)C)C(C)C)cc(C(C)CCCCC(=O)N3CCOCC3)cc2OC(C)C)C1.CCC. The second-order valence-corrected chi connectivity index (χ2v) is 14.5. The van der Waals surface area contributed by atoms with Crippen molar-refractivity contribution in [3.05, 3.63) is 34.9 Å². The van der Waals surface area contributed by atoms with Crippen LogP contribution in [0.1, 0.15) is 156 Å². The first-order valence-electron chi connectivity index (χ1n) is 18.7. The summed E-state index contributed by atoms with van der Waals surface area (Å²) >= 11 is 0. The Kier molecular flexibility index (Phi) is 18.7. The fourth-order valence-corrected chi connectivity index (χ4v) is 6.65. The number of morpholine rings is 1. The summed E-state index contributed by atoms with van der Waals surface area (Å²) in [7, 11) is 0. The summed E-state index contributed by atoms with van der Waals surface area (Å²) in [5, 5.41) is 0. The average Bonchev–Trinajstić information content (AvgIpc) is 3.01. The van der Waals surface area contributed by atoms with E-state index in [1.807, 2.05) is 4.90 Å². The van der Waals surface area contributed by atoms with E-state index in [2.05, 4.69) is 92.3 Å². The molecule has 7 heteroatoms. The summed E-state index contributed by atoms with van der Waals surface area (Å²) in [4.78, 5) is 30.3. The number of nitrogens with zero attached hydrogens (tertiary/aromatic N) is 2. The Bertz CT molecular complexity index is 1100. The van der Waals surface area contributed by atoms with Crippen molar-refractivity contribution in [3.63, 3.8) is 0 Å². The quantitative estimate of drug-likeness (QED) is 0.0764. The standard InChI is InChI=1S/C37H60N2O5.C3H8/c1-26(2)39(27(3)4)18-12-17-36(41)44-34-25-32(30(8)14-9-10-16-35(40)38-19-21-42-22-20-38)24-33(43-28(5)6)37(34)31-15-11-13-29(7)23-31;1-3-2/h13,24-28,30-31H,9-12,14-23H2,1-8H3;3H2,1-2H3. The van der Waals surface area contributed by atoms with Crippen LogP contribution in [-0.2, 0) is 14.3 Å². The monoisotopic (exact) mass is 657 g/mol. The lowest BCUT2D eigenvalue weighted by Gasteiger charge is -2.30. The molecule has 1 aromatic carbocycles. The van der Waals surface area contributed by atoms with E-state index in [1.54, 1.807) is 0 Å². The van der Waals surface area contributed by atoms with Gasteiger partial charge in [-0.15, -0.1) is 0 Å². The lowest BCUT2D eigenvalue weighted by molar-refractivity contribution is -0.135. The van der Waals surface area contributed by atoms with E-state index in [1.165, 1.54) is 12.0 Å². The Morgan fingerprint density at radius 1 is 0.936 bits per heavy atom. The first-order valence-corrected chi connectivity index (χ1v) is 18.7. The maximum Gasteiger partial charge on any atom is 0.311 e. The predicted octanol–water partition coefficient (Wildman–Crippen LogP) is 9.43. The van der Waals surface area contributed by atoms with Gasteiger partial charge in [-0.3, -0.25) is 14.5 Å². The average molecular weight is 657 g/mol. The van der Waals surface area contributed by atoms with E-state index in [4.69, 9.17) is 14.2 Å². The molecule has 0 radical (unpaired) electrons. The van der Waals surface area contributed by atoms with Crippen molar-refractivity contribution >= 4 is 11.9 Å². The number of carbonyl (C=O) groups is 2. The molecular weight excluding hydrogens is 588 g/mol. The maximum absolute atomic E-state index is 13.3. The number of unbranched alkanes of at least 4 members (excludes halogenated alkanes) is 1. The molecule has 1 aromatic rings. The van der Waals surface area contributed by atoms with Gasteiger partial charge in [0.2, 0.25) is 5.91 Å². The van der Waals surface area contributed by atoms with Crippen LogP contribution in [0, 0.1) is 0 Å². The van der Waals surface area contributed by atoms with Crippen molar-refractivity contribution in [2.24, 2.45) is 0 Å². The van der Waals surface area contributed by atoms with Crippen LogP contribution >= 0.6 is 0 Å². The third-order valence-corrected chi connectivity index (χ3v) is 9.03. The molecule has 1 aliphatic carbocycles. The molecule has 1 fully saturated rings. The van der Waals surface area contributed by atoms with E-state index in [0.29, 0.717) is 57.0 Å². The molecular formula is C40H68N2O5. The van der Waals surface area contributed by atoms with Crippen LogP contribution in [0.15, 0.2) is 23.8 Å². The highest BCUT2D eigenvalue weighted by atomic mass is 16.5. The summed E-state index contributed by atoms with van der Waals surface area (Å²) in [5.41, 5.74) is 3.54. The van der Waals surface area contributed by atoms with Crippen molar-refractivity contribution in [3.8, 4) is 11.5 Å². The summed E-state index contributed by atoms with van der Waals surface area (Å²) in [5.74, 6) is 2.07. The minimum atomic E-state index is -0.177. The van der Waals surface area contributed by atoms with Gasteiger partial charge in [-0.2, -0.15) is 0 Å².